The van der Waals surface area contributed by atoms with Crippen LogP contribution >= 0.6 is 0 Å². The van der Waals surface area contributed by atoms with E-state index in [1.54, 1.807) is 18.2 Å². The lowest BCUT2D eigenvalue weighted by Crippen LogP contribution is -2.17. The monoisotopic (exact) mass is 440 g/mol. The van der Waals surface area contributed by atoms with Crippen molar-refractivity contribution >= 4 is 0 Å². The fourth-order valence-corrected chi connectivity index (χ4v) is 4.27. The number of fused-ring (bicyclic) bond motifs is 1. The molecule has 0 fully saturated rings. The molecule has 0 saturated carbocycles. The minimum absolute atomic E-state index is 0.160. The maximum absolute atomic E-state index is 15.0. The summed E-state index contributed by atoms with van der Waals surface area (Å²) >= 11 is 0. The molecule has 0 radical (unpaired) electrons. The van der Waals surface area contributed by atoms with Gasteiger partial charge in [0.15, 0.2) is 23.3 Å². The van der Waals surface area contributed by atoms with Crippen LogP contribution in [0.4, 0.5) is 22.0 Å². The molecule has 4 rings (SSSR count). The van der Waals surface area contributed by atoms with Gasteiger partial charge in [0.05, 0.1) is 5.56 Å². The average Bonchev–Trinajstić information content (AvgIpc) is 2.79. The molecule has 0 aliphatic heterocycles. The van der Waals surface area contributed by atoms with Crippen LogP contribution in [0.15, 0.2) is 42.5 Å². The second-order valence-electron chi connectivity index (χ2n) is 8.08. The van der Waals surface area contributed by atoms with E-state index in [-0.39, 0.29) is 17.0 Å². The van der Waals surface area contributed by atoms with Crippen molar-refractivity contribution in [3.05, 3.63) is 105 Å². The van der Waals surface area contributed by atoms with E-state index in [1.807, 2.05) is 6.92 Å². The molecule has 1 atom stereocenters. The standard InChI is InChI=1S/C27H21F5/c1-2-3-17-9-11-22(27(32)26(17)31)20-10-12-21-19(15-20)8-7-18(25(21)30)6-4-16-5-13-23(28)24(29)14-16/h5,7-9,11,13-14,20H,2-3,10,12,15H2,1H3. The van der Waals surface area contributed by atoms with Crippen LogP contribution in [0.1, 0.15) is 59.1 Å². The summed E-state index contributed by atoms with van der Waals surface area (Å²) in [5, 5.41) is 0. The quantitative estimate of drug-likeness (QED) is 0.304. The van der Waals surface area contributed by atoms with Crippen molar-refractivity contribution in [2.75, 3.05) is 0 Å². The Kier molecular flexibility index (Phi) is 6.32. The fraction of sp³-hybridized carbons (Fsp3) is 0.259. The number of hydrogen-bond donors (Lipinski definition) is 0. The van der Waals surface area contributed by atoms with E-state index in [2.05, 4.69) is 11.8 Å². The van der Waals surface area contributed by atoms with Gasteiger partial charge >= 0.3 is 0 Å². The second-order valence-corrected chi connectivity index (χ2v) is 8.08. The van der Waals surface area contributed by atoms with E-state index in [0.29, 0.717) is 42.4 Å². The highest BCUT2D eigenvalue weighted by molar-refractivity contribution is 5.48. The molecule has 1 aliphatic carbocycles. The summed E-state index contributed by atoms with van der Waals surface area (Å²) in [6.45, 7) is 1.91. The molecule has 1 unspecified atom stereocenters. The van der Waals surface area contributed by atoms with Gasteiger partial charge in [0.2, 0.25) is 0 Å². The molecule has 0 spiro atoms. The summed E-state index contributed by atoms with van der Waals surface area (Å²) < 4.78 is 70.5. The molecule has 0 heterocycles. The van der Waals surface area contributed by atoms with Crippen LogP contribution in [0.3, 0.4) is 0 Å². The molecule has 0 saturated heterocycles. The van der Waals surface area contributed by atoms with Crippen molar-refractivity contribution < 1.29 is 22.0 Å². The van der Waals surface area contributed by atoms with E-state index < -0.39 is 29.1 Å². The first-order chi connectivity index (χ1) is 15.4. The van der Waals surface area contributed by atoms with Gasteiger partial charge in [-0.05, 0) is 78.1 Å². The van der Waals surface area contributed by atoms with Crippen molar-refractivity contribution in [3.63, 3.8) is 0 Å². The number of aryl methyl sites for hydroxylation is 1. The average molecular weight is 440 g/mol. The predicted molar refractivity (Wildman–Crippen MR) is 114 cm³/mol. The number of halogens is 5. The third-order valence-corrected chi connectivity index (χ3v) is 5.96. The van der Waals surface area contributed by atoms with Gasteiger partial charge in [-0.15, -0.1) is 0 Å². The molecule has 32 heavy (non-hydrogen) atoms. The van der Waals surface area contributed by atoms with Gasteiger partial charge in [0.25, 0.3) is 0 Å². The Balaban J connectivity index is 1.59. The summed E-state index contributed by atoms with van der Waals surface area (Å²) in [4.78, 5) is 0. The van der Waals surface area contributed by atoms with Crippen molar-refractivity contribution in [2.45, 2.75) is 44.9 Å². The second kappa shape index (κ2) is 9.16. The summed E-state index contributed by atoms with van der Waals surface area (Å²) in [5.41, 5.74) is 2.37. The van der Waals surface area contributed by atoms with Gasteiger partial charge in [-0.25, -0.2) is 22.0 Å². The van der Waals surface area contributed by atoms with Gasteiger partial charge in [0.1, 0.15) is 5.82 Å². The molecule has 3 aromatic rings. The SMILES string of the molecule is CCCc1ccc(C2CCc3c(ccc(C#Cc4ccc(F)c(F)c4)c3F)C2)c(F)c1F. The van der Waals surface area contributed by atoms with Crippen LogP contribution in [0.2, 0.25) is 0 Å². The van der Waals surface area contributed by atoms with E-state index in [4.69, 9.17) is 0 Å². The first-order valence-corrected chi connectivity index (χ1v) is 10.6. The minimum atomic E-state index is -1.01. The highest BCUT2D eigenvalue weighted by Gasteiger charge is 2.27. The molecule has 164 valence electrons. The molecule has 5 heteroatoms. The van der Waals surface area contributed by atoms with E-state index in [9.17, 15) is 17.6 Å². The molecule has 0 aromatic heterocycles. The molecular formula is C27H21F5. The normalized spacial score (nSPS) is 15.1. The Hall–Kier alpha value is -3.13. The summed E-state index contributed by atoms with van der Waals surface area (Å²) in [5.74, 6) is 1.07. The first kappa shape index (κ1) is 22.1. The van der Waals surface area contributed by atoms with Gasteiger partial charge in [-0.2, -0.15) is 0 Å². The third kappa shape index (κ3) is 4.27. The third-order valence-electron chi connectivity index (χ3n) is 5.96. The highest BCUT2D eigenvalue weighted by Crippen LogP contribution is 2.36. The van der Waals surface area contributed by atoms with Crippen LogP contribution < -0.4 is 0 Å². The van der Waals surface area contributed by atoms with Crippen molar-refractivity contribution in [1.29, 1.82) is 0 Å². The van der Waals surface area contributed by atoms with Gasteiger partial charge in [-0.3, -0.25) is 0 Å². The van der Waals surface area contributed by atoms with Crippen LogP contribution in [0.5, 0.6) is 0 Å². The van der Waals surface area contributed by atoms with E-state index in [0.717, 1.165) is 24.1 Å². The highest BCUT2D eigenvalue weighted by atomic mass is 19.2. The smallest absolute Gasteiger partial charge is 0.162 e. The molecule has 0 amide bonds. The maximum atomic E-state index is 15.0. The summed E-state index contributed by atoms with van der Waals surface area (Å²) in [6, 6.07) is 9.83. The lowest BCUT2D eigenvalue weighted by molar-refractivity contribution is 0.463. The molecule has 0 N–H and O–H groups in total. The lowest BCUT2D eigenvalue weighted by Gasteiger charge is -2.26. The van der Waals surface area contributed by atoms with Crippen molar-refractivity contribution in [1.82, 2.24) is 0 Å². The Morgan fingerprint density at radius 2 is 1.66 bits per heavy atom. The van der Waals surface area contributed by atoms with Crippen LogP contribution in [-0.2, 0) is 19.3 Å². The lowest BCUT2D eigenvalue weighted by atomic mass is 9.79. The Morgan fingerprint density at radius 3 is 2.41 bits per heavy atom. The topological polar surface area (TPSA) is 0 Å². The van der Waals surface area contributed by atoms with Gasteiger partial charge < -0.3 is 0 Å². The molecular weight excluding hydrogens is 419 g/mol. The van der Waals surface area contributed by atoms with E-state index >= 15 is 4.39 Å². The molecule has 1 aliphatic rings. The van der Waals surface area contributed by atoms with Gasteiger partial charge in [-0.1, -0.05) is 43.4 Å². The molecule has 3 aromatic carbocycles. The van der Waals surface area contributed by atoms with Gasteiger partial charge in [0, 0.05) is 5.56 Å². The zero-order valence-corrected chi connectivity index (χ0v) is 17.5. The zero-order valence-electron chi connectivity index (χ0n) is 17.5. The largest absolute Gasteiger partial charge is 0.205 e. The first-order valence-electron chi connectivity index (χ1n) is 10.6. The molecule has 0 nitrogen and oxygen atoms in total. The predicted octanol–water partition coefficient (Wildman–Crippen LogP) is 7.01. The van der Waals surface area contributed by atoms with Crippen molar-refractivity contribution in [3.8, 4) is 11.8 Å². The zero-order chi connectivity index (χ0) is 22.8. The van der Waals surface area contributed by atoms with Crippen LogP contribution in [-0.4, -0.2) is 0 Å². The Labute approximate surface area is 184 Å². The number of rotatable bonds is 3. The van der Waals surface area contributed by atoms with Crippen LogP contribution in [0, 0.1) is 40.9 Å². The Morgan fingerprint density at radius 1 is 0.844 bits per heavy atom. The minimum Gasteiger partial charge on any atom is -0.205 e. The summed E-state index contributed by atoms with van der Waals surface area (Å²) in [7, 11) is 0. The van der Waals surface area contributed by atoms with Crippen molar-refractivity contribution in [2.24, 2.45) is 0 Å². The number of hydrogen-bond acceptors (Lipinski definition) is 0. The maximum Gasteiger partial charge on any atom is 0.162 e. The summed E-state index contributed by atoms with van der Waals surface area (Å²) in [6.07, 6.45) is 2.49. The molecule has 0 bridgehead atoms. The fourth-order valence-electron chi connectivity index (χ4n) is 4.27. The number of benzene rings is 3. The Bertz CT molecular complexity index is 1230. The van der Waals surface area contributed by atoms with E-state index in [1.165, 1.54) is 12.1 Å². The van der Waals surface area contributed by atoms with Crippen LogP contribution in [0.25, 0.3) is 0 Å².